The summed E-state index contributed by atoms with van der Waals surface area (Å²) in [5, 5.41) is 3.12. The largest absolute Gasteiger partial charge is 0.305 e. The van der Waals surface area contributed by atoms with E-state index in [-0.39, 0.29) is 0 Å². The average Bonchev–Trinajstić information content (AvgIpc) is 2.75. The van der Waals surface area contributed by atoms with Gasteiger partial charge in [0.25, 0.3) is 0 Å². The zero-order valence-electron chi connectivity index (χ0n) is 17.6. The minimum absolute atomic E-state index is 0.718. The lowest BCUT2D eigenvalue weighted by Gasteiger charge is -2.26. The van der Waals surface area contributed by atoms with E-state index >= 15 is 0 Å². The Morgan fingerprint density at radius 1 is 1.00 bits per heavy atom. The van der Waals surface area contributed by atoms with Gasteiger partial charge in [0.05, 0.1) is 16.3 Å². The molecule has 3 aromatic rings. The van der Waals surface area contributed by atoms with Crippen LogP contribution in [0.1, 0.15) is 11.1 Å². The number of aliphatic imine (C=N–C) groups is 1. The Morgan fingerprint density at radius 3 is 2.45 bits per heavy atom. The molecule has 31 heavy (non-hydrogen) atoms. The van der Waals surface area contributed by atoms with Gasteiger partial charge in [0.15, 0.2) is 0 Å². The lowest BCUT2D eigenvalue weighted by Crippen LogP contribution is -2.23. The van der Waals surface area contributed by atoms with Gasteiger partial charge in [0, 0.05) is 17.3 Å². The quantitative estimate of drug-likeness (QED) is 0.437. The molecule has 3 nitrogen and oxygen atoms in total. The molecule has 0 N–H and O–H groups in total. The molecule has 0 saturated carbocycles. The molecule has 0 spiro atoms. The van der Waals surface area contributed by atoms with Gasteiger partial charge in [-0.3, -0.25) is 0 Å². The summed E-state index contributed by atoms with van der Waals surface area (Å²) < 4.78 is 0. The van der Waals surface area contributed by atoms with Crippen LogP contribution in [0.5, 0.6) is 0 Å². The Bertz CT molecular complexity index is 1220. The number of benzene rings is 3. The molecule has 156 valence electrons. The fourth-order valence-electron chi connectivity index (χ4n) is 3.50. The third kappa shape index (κ3) is 4.93. The van der Waals surface area contributed by atoms with Crippen LogP contribution in [0.15, 0.2) is 94.6 Å². The van der Waals surface area contributed by atoms with Gasteiger partial charge in [0.1, 0.15) is 6.34 Å². The molecule has 1 heterocycles. The Labute approximate surface area is 194 Å². The van der Waals surface area contributed by atoms with E-state index in [1.54, 1.807) is 6.34 Å². The third-order valence-corrected chi connectivity index (χ3v) is 5.83. The second kappa shape index (κ2) is 9.15. The Hall–Kier alpha value is -2.79. The molecule has 0 saturated heterocycles. The van der Waals surface area contributed by atoms with Gasteiger partial charge in [0.2, 0.25) is 0 Å². The van der Waals surface area contributed by atoms with Crippen LogP contribution in [-0.4, -0.2) is 25.3 Å². The minimum atomic E-state index is 0.718. The molecule has 0 radical (unpaired) electrons. The van der Waals surface area contributed by atoms with Crippen molar-refractivity contribution in [2.24, 2.45) is 4.99 Å². The van der Waals surface area contributed by atoms with E-state index < -0.39 is 0 Å². The van der Waals surface area contributed by atoms with Crippen molar-refractivity contribution in [2.45, 2.75) is 6.54 Å². The van der Waals surface area contributed by atoms with E-state index in [4.69, 9.17) is 11.6 Å². The standard InChI is InChI=1S/C26H24ClN3S/c1-18-26(31)25(13-7-19-5-10-23(27)11-6-19)28-17-30(18)24-12-9-21-14-20(16-29(2)3)4-8-22(21)15-24/h4-15,17,31H,1,16H2,2-3H3/b13-7+. The van der Waals surface area contributed by atoms with Crippen LogP contribution in [-0.2, 0) is 6.54 Å². The molecule has 0 fully saturated rings. The smallest absolute Gasteiger partial charge is 0.100 e. The zero-order valence-corrected chi connectivity index (χ0v) is 19.2. The van der Waals surface area contributed by atoms with E-state index in [1.807, 2.05) is 41.3 Å². The van der Waals surface area contributed by atoms with Gasteiger partial charge in [-0.1, -0.05) is 54.6 Å². The summed E-state index contributed by atoms with van der Waals surface area (Å²) in [7, 11) is 4.16. The van der Waals surface area contributed by atoms with E-state index in [1.165, 1.54) is 16.3 Å². The number of rotatable bonds is 5. The first-order valence-corrected chi connectivity index (χ1v) is 10.8. The van der Waals surface area contributed by atoms with Crippen molar-refractivity contribution in [1.82, 2.24) is 4.90 Å². The molecular formula is C26H24ClN3S. The lowest BCUT2D eigenvalue weighted by atomic mass is 10.1. The second-order valence-corrected chi connectivity index (χ2v) is 8.67. The summed E-state index contributed by atoms with van der Waals surface area (Å²) in [6.45, 7) is 5.16. The maximum absolute atomic E-state index is 5.95. The van der Waals surface area contributed by atoms with Crippen LogP contribution < -0.4 is 4.90 Å². The van der Waals surface area contributed by atoms with Gasteiger partial charge in [-0.25, -0.2) is 4.99 Å². The first-order valence-electron chi connectivity index (χ1n) is 9.98. The number of anilines is 1. The van der Waals surface area contributed by atoms with Crippen LogP contribution in [0.2, 0.25) is 5.02 Å². The average molecular weight is 446 g/mol. The SMILES string of the molecule is C=C1C(S)=C(/C=C/c2ccc(Cl)cc2)N=CN1c1ccc2cc(CN(C)C)ccc2c1. The maximum Gasteiger partial charge on any atom is 0.100 e. The second-order valence-electron chi connectivity index (χ2n) is 7.78. The van der Waals surface area contributed by atoms with Crippen LogP contribution in [0.4, 0.5) is 5.69 Å². The Balaban J connectivity index is 1.56. The molecule has 0 aliphatic carbocycles. The number of allylic oxidation sites excluding steroid dienone is 1. The number of nitrogens with zero attached hydrogens (tertiary/aromatic N) is 3. The highest BCUT2D eigenvalue weighted by Gasteiger charge is 2.17. The summed E-state index contributed by atoms with van der Waals surface area (Å²) in [5.74, 6) is 0. The number of hydrogen-bond acceptors (Lipinski definition) is 4. The van der Waals surface area contributed by atoms with Gasteiger partial charge < -0.3 is 9.80 Å². The van der Waals surface area contributed by atoms with Crippen molar-refractivity contribution >= 4 is 53.1 Å². The van der Waals surface area contributed by atoms with Crippen molar-refractivity contribution in [2.75, 3.05) is 19.0 Å². The molecule has 3 aromatic carbocycles. The van der Waals surface area contributed by atoms with E-state index in [0.29, 0.717) is 0 Å². The van der Waals surface area contributed by atoms with E-state index in [2.05, 4.69) is 79.6 Å². The number of halogens is 1. The molecule has 0 amide bonds. The number of hydrogen-bond donors (Lipinski definition) is 1. The molecule has 0 aromatic heterocycles. The zero-order chi connectivity index (χ0) is 22.0. The maximum atomic E-state index is 5.95. The van der Waals surface area contributed by atoms with Gasteiger partial charge >= 0.3 is 0 Å². The van der Waals surface area contributed by atoms with E-state index in [9.17, 15) is 0 Å². The van der Waals surface area contributed by atoms with Crippen LogP contribution >= 0.6 is 24.2 Å². The predicted molar refractivity (Wildman–Crippen MR) is 138 cm³/mol. The van der Waals surface area contributed by atoms with Crippen molar-refractivity contribution in [1.29, 1.82) is 0 Å². The molecule has 1 aliphatic heterocycles. The summed E-state index contributed by atoms with van der Waals surface area (Å²) in [5.41, 5.74) is 4.91. The topological polar surface area (TPSA) is 18.8 Å². The van der Waals surface area contributed by atoms with Crippen LogP contribution in [0, 0.1) is 0 Å². The Morgan fingerprint density at radius 2 is 1.71 bits per heavy atom. The number of fused-ring (bicyclic) bond motifs is 1. The van der Waals surface area contributed by atoms with Gasteiger partial charge in [-0.05, 0) is 72.4 Å². The third-order valence-electron chi connectivity index (χ3n) is 5.09. The molecule has 1 aliphatic rings. The van der Waals surface area contributed by atoms with Gasteiger partial charge in [-0.2, -0.15) is 0 Å². The minimum Gasteiger partial charge on any atom is -0.305 e. The van der Waals surface area contributed by atoms with Crippen LogP contribution in [0.3, 0.4) is 0 Å². The van der Waals surface area contributed by atoms with Crippen molar-refractivity contribution in [3.63, 3.8) is 0 Å². The van der Waals surface area contributed by atoms with Crippen molar-refractivity contribution in [3.8, 4) is 0 Å². The van der Waals surface area contributed by atoms with E-state index in [0.717, 1.165) is 39.1 Å². The highest BCUT2D eigenvalue weighted by Crippen LogP contribution is 2.32. The fourth-order valence-corrected chi connectivity index (χ4v) is 3.87. The number of thiol groups is 1. The van der Waals surface area contributed by atoms with Gasteiger partial charge in [-0.15, -0.1) is 12.6 Å². The highest BCUT2D eigenvalue weighted by molar-refractivity contribution is 7.84. The molecule has 4 rings (SSSR count). The Kier molecular flexibility index (Phi) is 6.33. The summed E-state index contributed by atoms with van der Waals surface area (Å²) in [4.78, 5) is 9.48. The predicted octanol–water partition coefficient (Wildman–Crippen LogP) is 6.77. The summed E-state index contributed by atoms with van der Waals surface area (Å²) in [6, 6.07) is 20.6. The molecule has 5 heteroatoms. The monoisotopic (exact) mass is 445 g/mol. The van der Waals surface area contributed by atoms with Crippen molar-refractivity contribution < 1.29 is 0 Å². The molecular weight excluding hydrogens is 422 g/mol. The molecule has 0 atom stereocenters. The molecule has 0 unspecified atom stereocenters. The normalized spacial score (nSPS) is 14.5. The van der Waals surface area contributed by atoms with Crippen molar-refractivity contribution in [3.05, 3.63) is 106 Å². The molecule has 0 bridgehead atoms. The highest BCUT2D eigenvalue weighted by atomic mass is 35.5. The lowest BCUT2D eigenvalue weighted by molar-refractivity contribution is 0.403. The first kappa shape index (κ1) is 21.4. The van der Waals surface area contributed by atoms with Crippen LogP contribution in [0.25, 0.3) is 16.8 Å². The first-order chi connectivity index (χ1) is 14.9. The summed E-state index contributed by atoms with van der Waals surface area (Å²) in [6.07, 6.45) is 5.73. The summed E-state index contributed by atoms with van der Waals surface area (Å²) >= 11 is 10.6. The fraction of sp³-hybridized carbons (Fsp3) is 0.115.